The zero-order valence-corrected chi connectivity index (χ0v) is 12.9. The van der Waals surface area contributed by atoms with E-state index in [1.54, 1.807) is 6.07 Å². The molecule has 0 aliphatic carbocycles. The Bertz CT molecular complexity index is 1020. The number of anilines is 1. The Morgan fingerprint density at radius 1 is 0.833 bits per heavy atom. The molecule has 4 heteroatoms. The molecule has 0 radical (unpaired) electrons. The molecular formula is C20H15N3O. The maximum absolute atomic E-state index is 12.7. The minimum Gasteiger partial charge on any atom is -0.369 e. The summed E-state index contributed by atoms with van der Waals surface area (Å²) in [7, 11) is 0. The lowest BCUT2D eigenvalue weighted by atomic mass is 10.0. The largest absolute Gasteiger partial charge is 0.369 e. The molecule has 2 N–H and O–H groups in total. The first kappa shape index (κ1) is 14.2. The predicted molar refractivity (Wildman–Crippen MR) is 95.4 cm³/mol. The Morgan fingerprint density at radius 2 is 1.50 bits per heavy atom. The van der Waals surface area contributed by atoms with E-state index in [2.05, 4.69) is 4.98 Å². The summed E-state index contributed by atoms with van der Waals surface area (Å²) in [6.45, 7) is 0. The summed E-state index contributed by atoms with van der Waals surface area (Å²) >= 11 is 0. The van der Waals surface area contributed by atoms with Crippen LogP contribution in [0.25, 0.3) is 16.7 Å². The van der Waals surface area contributed by atoms with Crippen molar-refractivity contribution < 1.29 is 4.79 Å². The van der Waals surface area contributed by atoms with Gasteiger partial charge >= 0.3 is 0 Å². The second kappa shape index (κ2) is 5.66. The minimum absolute atomic E-state index is 0.0168. The van der Waals surface area contributed by atoms with Crippen molar-refractivity contribution in [2.45, 2.75) is 0 Å². The Balaban J connectivity index is 1.88. The number of carbonyl (C=O) groups excluding carboxylic acids is 1. The Labute approximate surface area is 139 Å². The van der Waals surface area contributed by atoms with Crippen LogP contribution in [0.15, 0.2) is 78.9 Å². The van der Waals surface area contributed by atoms with Gasteiger partial charge in [0, 0.05) is 16.8 Å². The van der Waals surface area contributed by atoms with Gasteiger partial charge in [-0.05, 0) is 30.3 Å². The number of carbonyl (C=O) groups is 1. The number of ketones is 1. The van der Waals surface area contributed by atoms with Gasteiger partial charge in [-0.25, -0.2) is 4.98 Å². The van der Waals surface area contributed by atoms with Crippen LogP contribution in [0.5, 0.6) is 0 Å². The number of benzene rings is 3. The van der Waals surface area contributed by atoms with Crippen LogP contribution in [0.2, 0.25) is 0 Å². The Kier molecular flexibility index (Phi) is 3.35. The number of rotatable bonds is 3. The number of hydrogen-bond acceptors (Lipinski definition) is 3. The summed E-state index contributed by atoms with van der Waals surface area (Å²) in [5.74, 6) is 0.386. The third-order valence-corrected chi connectivity index (χ3v) is 3.99. The molecule has 0 saturated carbocycles. The zero-order valence-electron chi connectivity index (χ0n) is 12.9. The standard InChI is InChI=1S/C20H15N3O/c21-20-22-17-12-11-15(19(24)14-7-3-1-4-8-14)13-18(17)23(20)16-9-5-2-6-10-16/h1-13H,(H2,21,22). The Hall–Kier alpha value is -3.40. The summed E-state index contributed by atoms with van der Waals surface area (Å²) in [6, 6.07) is 24.5. The number of para-hydroxylation sites is 1. The molecular weight excluding hydrogens is 298 g/mol. The molecule has 116 valence electrons. The van der Waals surface area contributed by atoms with E-state index in [4.69, 9.17) is 5.73 Å². The SMILES string of the molecule is Nc1nc2ccc(C(=O)c3ccccc3)cc2n1-c1ccccc1. The lowest BCUT2D eigenvalue weighted by molar-refractivity contribution is 0.103. The molecule has 0 amide bonds. The van der Waals surface area contributed by atoms with Crippen molar-refractivity contribution in [3.63, 3.8) is 0 Å². The summed E-state index contributed by atoms with van der Waals surface area (Å²) in [5.41, 5.74) is 9.87. The molecule has 4 aromatic rings. The van der Waals surface area contributed by atoms with E-state index in [1.807, 2.05) is 77.4 Å². The molecule has 1 aromatic heterocycles. The first-order valence-electron chi connectivity index (χ1n) is 7.67. The first-order chi connectivity index (χ1) is 11.7. The smallest absolute Gasteiger partial charge is 0.205 e. The van der Waals surface area contributed by atoms with Gasteiger partial charge in [0.1, 0.15) is 0 Å². The van der Waals surface area contributed by atoms with Crippen molar-refractivity contribution in [3.05, 3.63) is 90.0 Å². The number of aromatic nitrogens is 2. The molecule has 4 rings (SSSR count). The van der Waals surface area contributed by atoms with E-state index in [0.29, 0.717) is 17.1 Å². The number of imidazole rings is 1. The summed E-state index contributed by atoms with van der Waals surface area (Å²) in [4.78, 5) is 17.1. The van der Waals surface area contributed by atoms with Crippen LogP contribution in [0.3, 0.4) is 0 Å². The van der Waals surface area contributed by atoms with Gasteiger partial charge in [0.05, 0.1) is 11.0 Å². The molecule has 0 saturated heterocycles. The summed E-state index contributed by atoms with van der Waals surface area (Å²) in [5, 5.41) is 0. The lowest BCUT2D eigenvalue weighted by Gasteiger charge is -2.07. The molecule has 4 nitrogen and oxygen atoms in total. The second-order valence-corrected chi connectivity index (χ2v) is 5.54. The van der Waals surface area contributed by atoms with Gasteiger partial charge in [-0.2, -0.15) is 0 Å². The number of nitrogens with zero attached hydrogens (tertiary/aromatic N) is 2. The molecule has 0 unspecified atom stereocenters. The van der Waals surface area contributed by atoms with Gasteiger partial charge in [0.2, 0.25) is 5.95 Å². The zero-order chi connectivity index (χ0) is 16.5. The van der Waals surface area contributed by atoms with Gasteiger partial charge in [0.15, 0.2) is 5.78 Å². The maximum Gasteiger partial charge on any atom is 0.205 e. The minimum atomic E-state index is -0.0168. The van der Waals surface area contributed by atoms with E-state index in [9.17, 15) is 4.79 Å². The van der Waals surface area contributed by atoms with Crippen LogP contribution in [0.1, 0.15) is 15.9 Å². The molecule has 1 heterocycles. The van der Waals surface area contributed by atoms with Crippen molar-refractivity contribution in [3.8, 4) is 5.69 Å². The van der Waals surface area contributed by atoms with Crippen LogP contribution in [0, 0.1) is 0 Å². The average Bonchev–Trinajstić information content (AvgIpc) is 2.97. The fourth-order valence-corrected chi connectivity index (χ4v) is 2.84. The van der Waals surface area contributed by atoms with Crippen molar-refractivity contribution in [1.82, 2.24) is 9.55 Å². The number of nitrogen functional groups attached to an aromatic ring is 1. The highest BCUT2D eigenvalue weighted by Gasteiger charge is 2.14. The van der Waals surface area contributed by atoms with E-state index in [1.165, 1.54) is 0 Å². The van der Waals surface area contributed by atoms with Gasteiger partial charge in [-0.1, -0.05) is 48.5 Å². The van der Waals surface area contributed by atoms with Crippen LogP contribution >= 0.6 is 0 Å². The van der Waals surface area contributed by atoms with Crippen LogP contribution in [0.4, 0.5) is 5.95 Å². The quantitative estimate of drug-likeness (QED) is 0.585. The van der Waals surface area contributed by atoms with E-state index < -0.39 is 0 Å². The highest BCUT2D eigenvalue weighted by Crippen LogP contribution is 2.24. The third kappa shape index (κ3) is 2.34. The molecule has 0 aliphatic rings. The molecule has 0 aliphatic heterocycles. The monoisotopic (exact) mass is 313 g/mol. The molecule has 0 bridgehead atoms. The van der Waals surface area contributed by atoms with E-state index >= 15 is 0 Å². The van der Waals surface area contributed by atoms with E-state index in [-0.39, 0.29) is 5.78 Å². The molecule has 3 aromatic carbocycles. The average molecular weight is 313 g/mol. The fraction of sp³-hybridized carbons (Fsp3) is 0. The normalized spacial score (nSPS) is 10.8. The van der Waals surface area contributed by atoms with Gasteiger partial charge in [-0.3, -0.25) is 9.36 Å². The summed E-state index contributed by atoms with van der Waals surface area (Å²) < 4.78 is 1.86. The molecule has 0 atom stereocenters. The van der Waals surface area contributed by atoms with Crippen molar-refractivity contribution >= 4 is 22.8 Å². The third-order valence-electron chi connectivity index (χ3n) is 3.99. The number of nitrogens with two attached hydrogens (primary N) is 1. The van der Waals surface area contributed by atoms with Crippen LogP contribution in [-0.4, -0.2) is 15.3 Å². The highest BCUT2D eigenvalue weighted by molar-refractivity contribution is 6.10. The molecule has 0 spiro atoms. The fourth-order valence-electron chi connectivity index (χ4n) is 2.84. The number of fused-ring (bicyclic) bond motifs is 1. The van der Waals surface area contributed by atoms with E-state index in [0.717, 1.165) is 16.7 Å². The van der Waals surface area contributed by atoms with Crippen molar-refractivity contribution in [2.75, 3.05) is 5.73 Å². The van der Waals surface area contributed by atoms with Crippen molar-refractivity contribution in [2.24, 2.45) is 0 Å². The van der Waals surface area contributed by atoms with Gasteiger partial charge < -0.3 is 5.73 Å². The first-order valence-corrected chi connectivity index (χ1v) is 7.67. The highest BCUT2D eigenvalue weighted by atomic mass is 16.1. The summed E-state index contributed by atoms with van der Waals surface area (Å²) in [6.07, 6.45) is 0. The van der Waals surface area contributed by atoms with Gasteiger partial charge in [0.25, 0.3) is 0 Å². The maximum atomic E-state index is 12.7. The topological polar surface area (TPSA) is 60.9 Å². The molecule has 0 fully saturated rings. The van der Waals surface area contributed by atoms with Crippen LogP contribution < -0.4 is 5.73 Å². The second-order valence-electron chi connectivity index (χ2n) is 5.54. The molecule has 24 heavy (non-hydrogen) atoms. The Morgan fingerprint density at radius 3 is 2.21 bits per heavy atom. The number of hydrogen-bond donors (Lipinski definition) is 1. The predicted octanol–water partition coefficient (Wildman–Crippen LogP) is 3.84. The lowest BCUT2D eigenvalue weighted by Crippen LogP contribution is -2.03. The van der Waals surface area contributed by atoms with Gasteiger partial charge in [-0.15, -0.1) is 0 Å². The van der Waals surface area contributed by atoms with Crippen molar-refractivity contribution in [1.29, 1.82) is 0 Å². The van der Waals surface area contributed by atoms with Crippen LogP contribution in [-0.2, 0) is 0 Å².